The molecule has 1 aliphatic rings. The number of hydrogen-bond donors (Lipinski definition) is 1. The Morgan fingerprint density at radius 1 is 1.53 bits per heavy atom. The molecule has 4 heteroatoms. The predicted molar refractivity (Wildman–Crippen MR) is 59.8 cm³/mol. The molecule has 1 aliphatic carbocycles. The van der Waals surface area contributed by atoms with E-state index in [0.717, 1.165) is 32.2 Å². The summed E-state index contributed by atoms with van der Waals surface area (Å²) in [5.74, 6) is 0. The Labute approximate surface area is 89.7 Å². The fourth-order valence-electron chi connectivity index (χ4n) is 1.81. The minimum absolute atomic E-state index is 0.141. The van der Waals surface area contributed by atoms with Crippen molar-refractivity contribution in [2.45, 2.75) is 51.2 Å². The van der Waals surface area contributed by atoms with Crippen LogP contribution in [0.3, 0.4) is 0 Å². The van der Waals surface area contributed by atoms with Crippen molar-refractivity contribution in [3.63, 3.8) is 0 Å². The zero-order chi connectivity index (χ0) is 10.8. The molecule has 1 unspecified atom stereocenters. The number of imidazole rings is 1. The third-order valence-corrected chi connectivity index (χ3v) is 2.87. The van der Waals surface area contributed by atoms with Gasteiger partial charge in [-0.05, 0) is 32.6 Å². The van der Waals surface area contributed by atoms with E-state index >= 15 is 0 Å². The third-order valence-electron chi connectivity index (χ3n) is 2.87. The number of nitrogens with zero attached hydrogens (tertiary/aromatic N) is 2. The molecule has 15 heavy (non-hydrogen) atoms. The molecule has 0 saturated heterocycles. The van der Waals surface area contributed by atoms with E-state index in [1.54, 1.807) is 4.57 Å². The quantitative estimate of drug-likeness (QED) is 0.790. The van der Waals surface area contributed by atoms with Gasteiger partial charge in [-0.3, -0.25) is 9.13 Å². The fourth-order valence-corrected chi connectivity index (χ4v) is 1.81. The van der Waals surface area contributed by atoms with Gasteiger partial charge in [-0.1, -0.05) is 0 Å². The maximum Gasteiger partial charge on any atom is 0.328 e. The molecular formula is C11H19N3O. The van der Waals surface area contributed by atoms with Gasteiger partial charge in [0.25, 0.3) is 0 Å². The van der Waals surface area contributed by atoms with E-state index in [1.165, 1.54) is 0 Å². The Kier molecular flexibility index (Phi) is 2.95. The van der Waals surface area contributed by atoms with Gasteiger partial charge in [-0.15, -0.1) is 0 Å². The Balaban J connectivity index is 1.94. The van der Waals surface area contributed by atoms with Gasteiger partial charge >= 0.3 is 5.69 Å². The average Bonchev–Trinajstić information content (AvgIpc) is 2.94. The van der Waals surface area contributed by atoms with Crippen LogP contribution in [0, 0.1) is 0 Å². The highest BCUT2D eigenvalue weighted by atomic mass is 16.1. The lowest BCUT2D eigenvalue weighted by atomic mass is 10.2. The summed E-state index contributed by atoms with van der Waals surface area (Å²) in [6.07, 6.45) is 8.06. The van der Waals surface area contributed by atoms with Crippen LogP contribution in [0.1, 0.15) is 38.6 Å². The molecule has 1 atom stereocenters. The number of aromatic nitrogens is 2. The van der Waals surface area contributed by atoms with E-state index in [2.05, 4.69) is 0 Å². The Morgan fingerprint density at radius 2 is 2.27 bits per heavy atom. The van der Waals surface area contributed by atoms with Gasteiger partial charge in [0.1, 0.15) is 0 Å². The van der Waals surface area contributed by atoms with Crippen molar-refractivity contribution in [3.8, 4) is 0 Å². The number of rotatable bonds is 5. The Hall–Kier alpha value is -1.03. The largest absolute Gasteiger partial charge is 0.328 e. The van der Waals surface area contributed by atoms with E-state index < -0.39 is 0 Å². The van der Waals surface area contributed by atoms with Crippen molar-refractivity contribution in [3.05, 3.63) is 22.9 Å². The minimum Gasteiger partial charge on any atom is -0.328 e. The van der Waals surface area contributed by atoms with Crippen molar-refractivity contribution < 1.29 is 0 Å². The van der Waals surface area contributed by atoms with Gasteiger partial charge in [0, 0.05) is 31.0 Å². The normalized spacial score (nSPS) is 18.0. The number of aryl methyl sites for hydroxylation is 1. The monoisotopic (exact) mass is 209 g/mol. The van der Waals surface area contributed by atoms with Crippen molar-refractivity contribution in [1.29, 1.82) is 0 Å². The maximum atomic E-state index is 11.8. The topological polar surface area (TPSA) is 52.9 Å². The second-order valence-corrected chi connectivity index (χ2v) is 4.53. The molecule has 0 radical (unpaired) electrons. The molecule has 0 bridgehead atoms. The highest BCUT2D eigenvalue weighted by molar-refractivity contribution is 4.91. The van der Waals surface area contributed by atoms with Gasteiger partial charge in [0.15, 0.2) is 0 Å². The molecule has 1 saturated carbocycles. The van der Waals surface area contributed by atoms with Crippen LogP contribution < -0.4 is 11.4 Å². The standard InChI is InChI=1S/C11H19N3O/c1-9(12)3-2-6-13-7-8-14(11(13)15)10-4-5-10/h7-10H,2-6,12H2,1H3. The minimum atomic E-state index is 0.141. The molecule has 1 heterocycles. The predicted octanol–water partition coefficient (Wildman–Crippen LogP) is 1.11. The molecule has 0 spiro atoms. The summed E-state index contributed by atoms with van der Waals surface area (Å²) >= 11 is 0. The molecule has 1 fully saturated rings. The van der Waals surface area contributed by atoms with E-state index in [-0.39, 0.29) is 11.7 Å². The van der Waals surface area contributed by atoms with Crippen molar-refractivity contribution in [1.82, 2.24) is 9.13 Å². The molecule has 84 valence electrons. The van der Waals surface area contributed by atoms with E-state index in [4.69, 9.17) is 5.73 Å². The van der Waals surface area contributed by atoms with Crippen molar-refractivity contribution >= 4 is 0 Å². The van der Waals surface area contributed by atoms with Crippen molar-refractivity contribution in [2.24, 2.45) is 5.73 Å². The third kappa shape index (κ3) is 2.50. The number of hydrogen-bond acceptors (Lipinski definition) is 2. The average molecular weight is 209 g/mol. The van der Waals surface area contributed by atoms with Crippen LogP contribution in [0.2, 0.25) is 0 Å². The van der Waals surface area contributed by atoms with Gasteiger partial charge in [0.2, 0.25) is 0 Å². The fraction of sp³-hybridized carbons (Fsp3) is 0.727. The SMILES string of the molecule is CC(N)CCCn1ccn(C2CC2)c1=O. The lowest BCUT2D eigenvalue weighted by Crippen LogP contribution is -2.24. The number of nitrogens with two attached hydrogens (primary N) is 1. The molecule has 1 aromatic heterocycles. The molecule has 0 aliphatic heterocycles. The van der Waals surface area contributed by atoms with Gasteiger partial charge in [0.05, 0.1) is 0 Å². The first-order valence-corrected chi connectivity index (χ1v) is 5.71. The van der Waals surface area contributed by atoms with Crippen LogP contribution in [-0.4, -0.2) is 15.2 Å². The highest BCUT2D eigenvalue weighted by Gasteiger charge is 2.25. The summed E-state index contributed by atoms with van der Waals surface area (Å²) in [6.45, 7) is 2.79. The highest BCUT2D eigenvalue weighted by Crippen LogP contribution is 2.33. The van der Waals surface area contributed by atoms with Crippen LogP contribution in [0.4, 0.5) is 0 Å². The van der Waals surface area contributed by atoms with E-state index in [9.17, 15) is 4.79 Å². The van der Waals surface area contributed by atoms with Crippen molar-refractivity contribution in [2.75, 3.05) is 0 Å². The molecule has 0 aromatic carbocycles. The Morgan fingerprint density at radius 3 is 2.87 bits per heavy atom. The van der Waals surface area contributed by atoms with Crippen LogP contribution in [0.25, 0.3) is 0 Å². The van der Waals surface area contributed by atoms with Gasteiger partial charge in [-0.25, -0.2) is 4.79 Å². The molecule has 0 amide bonds. The second kappa shape index (κ2) is 4.23. The molecular weight excluding hydrogens is 190 g/mol. The molecule has 2 N–H and O–H groups in total. The van der Waals surface area contributed by atoms with Crippen LogP contribution in [-0.2, 0) is 6.54 Å². The summed E-state index contributed by atoms with van der Waals surface area (Å²) in [6, 6.07) is 0.707. The zero-order valence-electron chi connectivity index (χ0n) is 9.22. The first-order valence-electron chi connectivity index (χ1n) is 5.71. The second-order valence-electron chi connectivity index (χ2n) is 4.53. The van der Waals surface area contributed by atoms with Crippen LogP contribution >= 0.6 is 0 Å². The first-order chi connectivity index (χ1) is 7.18. The van der Waals surface area contributed by atoms with Gasteiger partial charge < -0.3 is 5.73 Å². The molecule has 4 nitrogen and oxygen atoms in total. The molecule has 1 aromatic rings. The lowest BCUT2D eigenvalue weighted by Gasteiger charge is -2.04. The summed E-state index contributed by atoms with van der Waals surface area (Å²) in [4.78, 5) is 11.8. The Bertz CT molecular complexity index is 373. The van der Waals surface area contributed by atoms with E-state index in [0.29, 0.717) is 6.04 Å². The first kappa shape index (κ1) is 10.5. The van der Waals surface area contributed by atoms with E-state index in [1.807, 2.05) is 23.9 Å². The lowest BCUT2D eigenvalue weighted by molar-refractivity contribution is 0.538. The summed E-state index contributed by atoms with van der Waals surface area (Å²) in [7, 11) is 0. The van der Waals surface area contributed by atoms with Crippen LogP contribution in [0.5, 0.6) is 0 Å². The summed E-state index contributed by atoms with van der Waals surface area (Å²) in [5.41, 5.74) is 5.81. The smallest absolute Gasteiger partial charge is 0.328 e. The van der Waals surface area contributed by atoms with Gasteiger partial charge in [-0.2, -0.15) is 0 Å². The maximum absolute atomic E-state index is 11.8. The summed E-state index contributed by atoms with van der Waals surface area (Å²) in [5, 5.41) is 0. The zero-order valence-corrected chi connectivity index (χ0v) is 9.22. The molecule has 2 rings (SSSR count). The summed E-state index contributed by atoms with van der Waals surface area (Å²) < 4.78 is 3.65. The van der Waals surface area contributed by atoms with Crippen LogP contribution in [0.15, 0.2) is 17.2 Å².